The molecule has 0 fully saturated rings. The van der Waals surface area contributed by atoms with Crippen LogP contribution in [0.2, 0.25) is 0 Å². The zero-order chi connectivity index (χ0) is 30.0. The van der Waals surface area contributed by atoms with E-state index in [0.29, 0.717) is 28.9 Å². The summed E-state index contributed by atoms with van der Waals surface area (Å²) in [4.78, 5) is 17.9. The molecule has 0 spiro atoms. The van der Waals surface area contributed by atoms with Crippen LogP contribution in [-0.2, 0) is 42.1 Å². The van der Waals surface area contributed by atoms with Crippen molar-refractivity contribution in [1.29, 1.82) is 0 Å². The standard InChI is InChI=1S/C38H21N5O2.2Pt/c1-3-18-39-34(12-1)26-8-5-10-28(22-26)44-30-14-16-32-33-17-15-31(25-37(33)43(36(32)24-30)38-41-20-7-21-42-38)45-29-11-6-9-27(23-29)35-13-2-4-19-40-35;;/h1-21H;;/q-4;2*+2. The summed E-state index contributed by atoms with van der Waals surface area (Å²) in [5.41, 5.74) is 4.80. The molecule has 0 N–H and O–H groups in total. The minimum atomic E-state index is 0. The zero-order valence-corrected chi connectivity index (χ0v) is 28.9. The Labute approximate surface area is 299 Å². The Hall–Kier alpha value is -4.96. The Morgan fingerprint density at radius 1 is 0.426 bits per heavy atom. The number of nitrogens with zero attached hydrogens (tertiary/aromatic N) is 5. The number of benzene rings is 4. The maximum absolute atomic E-state index is 6.25. The van der Waals surface area contributed by atoms with Crippen LogP contribution in [0.4, 0.5) is 0 Å². The van der Waals surface area contributed by atoms with Gasteiger partial charge in [-0.1, -0.05) is 47.4 Å². The van der Waals surface area contributed by atoms with E-state index in [1.807, 2.05) is 102 Å². The predicted molar refractivity (Wildman–Crippen MR) is 171 cm³/mol. The van der Waals surface area contributed by atoms with Crippen LogP contribution in [0.5, 0.6) is 23.0 Å². The zero-order valence-electron chi connectivity index (χ0n) is 24.3. The monoisotopic (exact) mass is 969 g/mol. The van der Waals surface area contributed by atoms with Crippen LogP contribution in [0.15, 0.2) is 128 Å². The molecule has 47 heavy (non-hydrogen) atoms. The van der Waals surface area contributed by atoms with Crippen LogP contribution in [0.1, 0.15) is 0 Å². The van der Waals surface area contributed by atoms with E-state index in [-0.39, 0.29) is 42.1 Å². The molecule has 0 unspecified atom stereocenters. The molecule has 0 aliphatic carbocycles. The second-order valence-electron chi connectivity index (χ2n) is 10.0. The first-order valence-electron chi connectivity index (χ1n) is 14.2. The number of ether oxygens (including phenoxy) is 2. The Kier molecular flexibility index (Phi) is 9.67. The van der Waals surface area contributed by atoms with Crippen LogP contribution in [0.3, 0.4) is 0 Å². The number of pyridine rings is 2. The van der Waals surface area contributed by atoms with Gasteiger partial charge in [-0.2, -0.15) is 22.9 Å². The van der Waals surface area contributed by atoms with Gasteiger partial charge in [0.2, 0.25) is 5.95 Å². The molecule has 0 amide bonds. The molecule has 9 heteroatoms. The van der Waals surface area contributed by atoms with Crippen molar-refractivity contribution >= 4 is 21.8 Å². The van der Waals surface area contributed by atoms with Gasteiger partial charge in [0.1, 0.15) is 0 Å². The second kappa shape index (κ2) is 14.2. The van der Waals surface area contributed by atoms with E-state index in [1.54, 1.807) is 30.9 Å². The molecule has 0 aliphatic heterocycles. The maximum Gasteiger partial charge on any atom is 2.00 e. The minimum absolute atomic E-state index is 0. The van der Waals surface area contributed by atoms with Gasteiger partial charge >= 0.3 is 42.1 Å². The first-order valence-corrected chi connectivity index (χ1v) is 14.2. The Morgan fingerprint density at radius 2 is 0.894 bits per heavy atom. The molecule has 7 nitrogen and oxygen atoms in total. The van der Waals surface area contributed by atoms with Crippen molar-refractivity contribution in [3.05, 3.63) is 152 Å². The summed E-state index contributed by atoms with van der Waals surface area (Å²) in [7, 11) is 0. The summed E-state index contributed by atoms with van der Waals surface area (Å²) in [6.07, 6.45) is 6.93. The third-order valence-corrected chi connectivity index (χ3v) is 7.14. The van der Waals surface area contributed by atoms with Gasteiger partial charge in [0.05, 0.1) is 0 Å². The van der Waals surface area contributed by atoms with E-state index < -0.39 is 0 Å². The van der Waals surface area contributed by atoms with Crippen molar-refractivity contribution < 1.29 is 51.6 Å². The summed E-state index contributed by atoms with van der Waals surface area (Å²) in [6.45, 7) is 0. The molecule has 4 aromatic heterocycles. The minimum Gasteiger partial charge on any atom is -0.503 e. The summed E-state index contributed by atoms with van der Waals surface area (Å²) in [5, 5.41) is 1.89. The van der Waals surface area contributed by atoms with Gasteiger partial charge in [0.15, 0.2) is 0 Å². The SMILES string of the molecule is [Pt+2].[Pt+2].[c-]1c(Oc2[c-]c3c(cc2)c2ccc(Oc4[c-]c(-c5ccccn5)ccc4)[c-]c2n3-c2ncccn2)cccc1-c1ccccn1. The normalized spacial score (nSPS) is 10.6. The van der Waals surface area contributed by atoms with Crippen molar-refractivity contribution in [1.82, 2.24) is 24.5 Å². The molecule has 0 atom stereocenters. The van der Waals surface area contributed by atoms with Crippen molar-refractivity contribution in [3.63, 3.8) is 0 Å². The molecular formula is C38H21N5O2Pt2. The van der Waals surface area contributed by atoms with Gasteiger partial charge in [-0.05, 0) is 29.6 Å². The van der Waals surface area contributed by atoms with Crippen LogP contribution in [0, 0.1) is 24.3 Å². The van der Waals surface area contributed by atoms with Crippen molar-refractivity contribution in [3.8, 4) is 51.5 Å². The first-order chi connectivity index (χ1) is 22.3. The quantitative estimate of drug-likeness (QED) is 0.149. The first kappa shape index (κ1) is 32.0. The van der Waals surface area contributed by atoms with Gasteiger partial charge in [0, 0.05) is 47.8 Å². The molecule has 230 valence electrons. The van der Waals surface area contributed by atoms with E-state index in [1.165, 1.54) is 0 Å². The Morgan fingerprint density at radius 3 is 1.36 bits per heavy atom. The molecule has 4 aromatic carbocycles. The molecule has 0 saturated heterocycles. The summed E-state index contributed by atoms with van der Waals surface area (Å²) >= 11 is 0. The molecule has 0 radical (unpaired) electrons. The van der Waals surface area contributed by atoms with E-state index in [4.69, 9.17) is 9.47 Å². The number of hydrogen-bond donors (Lipinski definition) is 0. The Balaban J connectivity index is 0.00000193. The van der Waals surface area contributed by atoms with Crippen molar-refractivity contribution in [2.75, 3.05) is 0 Å². The summed E-state index contributed by atoms with van der Waals surface area (Å²) in [6, 6.07) is 46.1. The number of fused-ring (bicyclic) bond motifs is 3. The van der Waals surface area contributed by atoms with Gasteiger partial charge in [0.25, 0.3) is 0 Å². The van der Waals surface area contributed by atoms with Crippen LogP contribution in [0.25, 0.3) is 50.3 Å². The second-order valence-corrected chi connectivity index (χ2v) is 10.0. The van der Waals surface area contributed by atoms with Crippen LogP contribution >= 0.6 is 0 Å². The Bertz CT molecular complexity index is 2140. The summed E-state index contributed by atoms with van der Waals surface area (Å²) < 4.78 is 14.4. The average molecular weight is 970 g/mol. The van der Waals surface area contributed by atoms with Gasteiger partial charge in [-0.3, -0.25) is 0 Å². The van der Waals surface area contributed by atoms with Gasteiger partial charge in [-0.15, -0.1) is 71.8 Å². The fraction of sp³-hybridized carbons (Fsp3) is 0. The maximum atomic E-state index is 6.25. The number of hydrogen-bond acceptors (Lipinski definition) is 6. The van der Waals surface area contributed by atoms with E-state index in [9.17, 15) is 0 Å². The molecular weight excluding hydrogens is 949 g/mol. The number of aromatic nitrogens is 5. The largest absolute Gasteiger partial charge is 2.00 e. The van der Waals surface area contributed by atoms with E-state index >= 15 is 0 Å². The number of rotatable bonds is 7. The molecule has 8 rings (SSSR count). The van der Waals surface area contributed by atoms with Crippen molar-refractivity contribution in [2.45, 2.75) is 0 Å². The van der Waals surface area contributed by atoms with Crippen LogP contribution < -0.4 is 9.47 Å². The third kappa shape index (κ3) is 6.64. The molecule has 0 saturated carbocycles. The summed E-state index contributed by atoms with van der Waals surface area (Å²) in [5.74, 6) is 2.63. The van der Waals surface area contributed by atoms with Gasteiger partial charge in [-0.25, -0.2) is 9.97 Å². The smallest absolute Gasteiger partial charge is 0.503 e. The fourth-order valence-corrected chi connectivity index (χ4v) is 5.15. The molecule has 4 heterocycles. The third-order valence-electron chi connectivity index (χ3n) is 7.14. The van der Waals surface area contributed by atoms with E-state index in [2.05, 4.69) is 44.2 Å². The predicted octanol–water partition coefficient (Wildman–Crippen LogP) is 8.48. The van der Waals surface area contributed by atoms with Crippen LogP contribution in [-0.4, -0.2) is 24.5 Å². The average Bonchev–Trinajstić information content (AvgIpc) is 3.42. The molecule has 8 aromatic rings. The van der Waals surface area contributed by atoms with Crippen molar-refractivity contribution in [2.24, 2.45) is 0 Å². The molecule has 0 bridgehead atoms. The fourth-order valence-electron chi connectivity index (χ4n) is 5.15. The van der Waals surface area contributed by atoms with Gasteiger partial charge < -0.3 is 24.0 Å². The van der Waals surface area contributed by atoms with E-state index in [0.717, 1.165) is 44.3 Å². The molecule has 0 aliphatic rings. The topological polar surface area (TPSA) is 75.0 Å².